The van der Waals surface area contributed by atoms with E-state index in [0.29, 0.717) is 18.8 Å². The molecule has 0 spiro atoms. The van der Waals surface area contributed by atoms with Crippen LogP contribution in [0.15, 0.2) is 72.8 Å². The van der Waals surface area contributed by atoms with Crippen LogP contribution in [0.25, 0.3) is 0 Å². The molecular weight excluding hydrogens is 446 g/mol. The summed E-state index contributed by atoms with van der Waals surface area (Å²) in [7, 11) is 0.500. The highest BCUT2D eigenvalue weighted by Gasteiger charge is 2.21. The van der Waals surface area contributed by atoms with Crippen LogP contribution in [0.3, 0.4) is 0 Å². The number of ether oxygens (including phenoxy) is 1. The molecule has 0 bridgehead atoms. The summed E-state index contributed by atoms with van der Waals surface area (Å²) in [5, 5.41) is 3.01. The molecule has 35 heavy (non-hydrogen) atoms. The predicted molar refractivity (Wildman–Crippen MR) is 137 cm³/mol. The maximum atomic E-state index is 13.0. The Bertz CT molecular complexity index is 1060. The number of piperidine rings is 1. The van der Waals surface area contributed by atoms with Gasteiger partial charge in [-0.15, -0.1) is 0 Å². The molecule has 0 aromatic heterocycles. The predicted octanol–water partition coefficient (Wildman–Crippen LogP) is 7.18. The van der Waals surface area contributed by atoms with Crippen LogP contribution in [-0.2, 0) is 11.3 Å². The second kappa shape index (κ2) is 13.0. The van der Waals surface area contributed by atoms with Crippen molar-refractivity contribution in [1.29, 1.82) is 0 Å². The van der Waals surface area contributed by atoms with E-state index >= 15 is 0 Å². The first-order valence-corrected chi connectivity index (χ1v) is 12.0. The Kier molecular flexibility index (Phi) is 9.79. The Morgan fingerprint density at radius 3 is 2.17 bits per heavy atom. The molecule has 0 saturated carbocycles. The molecule has 3 aromatic rings. The molecule has 0 radical (unpaired) electrons. The monoisotopic (exact) mass is 480 g/mol. The normalized spacial score (nSPS) is 14.2. The van der Waals surface area contributed by atoms with E-state index in [1.54, 1.807) is 12.1 Å². The van der Waals surface area contributed by atoms with Crippen molar-refractivity contribution in [3.63, 3.8) is 0 Å². The Morgan fingerprint density at radius 1 is 0.971 bits per heavy atom. The Hall–Kier alpha value is -3.25. The van der Waals surface area contributed by atoms with E-state index in [2.05, 4.69) is 34.5 Å². The van der Waals surface area contributed by atoms with E-state index in [0.717, 1.165) is 43.9 Å². The van der Waals surface area contributed by atoms with Gasteiger partial charge >= 0.3 is 0 Å². The summed E-state index contributed by atoms with van der Waals surface area (Å²) in [6, 6.07) is 22.4. The van der Waals surface area contributed by atoms with Crippen molar-refractivity contribution in [3.8, 4) is 11.5 Å². The molecule has 0 atom stereocenters. The largest absolute Gasteiger partial charge is 0.457 e. The van der Waals surface area contributed by atoms with Crippen molar-refractivity contribution in [1.82, 2.24) is 4.90 Å². The molecule has 0 unspecified atom stereocenters. The third-order valence-electron chi connectivity index (χ3n) is 6.12. The van der Waals surface area contributed by atoms with Crippen molar-refractivity contribution in [2.24, 2.45) is 5.92 Å². The van der Waals surface area contributed by atoms with Gasteiger partial charge in [0.2, 0.25) is 5.91 Å². The van der Waals surface area contributed by atoms with Crippen LogP contribution in [0.4, 0.5) is 14.5 Å². The Labute approximate surface area is 206 Å². The van der Waals surface area contributed by atoms with Crippen molar-refractivity contribution in [2.45, 2.75) is 39.2 Å². The molecule has 3 aromatic carbocycles. The minimum Gasteiger partial charge on any atom is -0.457 e. The molecule has 1 N–H and O–H groups in total. The highest BCUT2D eigenvalue weighted by atomic mass is 19.1. The average molecular weight is 481 g/mol. The molecule has 4 rings (SSSR count). The number of rotatable bonds is 7. The van der Waals surface area contributed by atoms with E-state index in [1.807, 2.05) is 38.1 Å². The summed E-state index contributed by atoms with van der Waals surface area (Å²) >= 11 is 0. The quantitative estimate of drug-likeness (QED) is 0.389. The summed E-state index contributed by atoms with van der Waals surface area (Å²) < 4.78 is 28.3. The van der Waals surface area contributed by atoms with Gasteiger partial charge in [-0.1, -0.05) is 38.1 Å². The lowest BCUT2D eigenvalue weighted by Gasteiger charge is -2.32. The standard InChI is InChI=1S/C28H31FN2O2.CH3F/c1-20(2)28(32)30-25-5-3-4-23(18-25)22-14-16-31(17-15-22)19-21-6-10-26(11-7-21)33-27-12-8-24(29)9-13-27;1-2/h3-13,18,20,22H,14-17,19H2,1-2H3,(H,30,32);1H3. The molecular formula is C29H34F2N2O2. The summed E-state index contributed by atoms with van der Waals surface area (Å²) in [6.45, 7) is 6.80. The molecule has 1 heterocycles. The van der Waals surface area contributed by atoms with Crippen molar-refractivity contribution in [3.05, 3.63) is 89.7 Å². The minimum absolute atomic E-state index is 0.0274. The first kappa shape index (κ1) is 26.4. The number of hydrogen-bond acceptors (Lipinski definition) is 3. The Balaban J connectivity index is 0.00000167. The number of nitrogens with zero attached hydrogens (tertiary/aromatic N) is 1. The van der Waals surface area contributed by atoms with Gasteiger partial charge < -0.3 is 10.1 Å². The number of carbonyl (C=O) groups excluding carboxylic acids is 1. The zero-order valence-corrected chi connectivity index (χ0v) is 20.6. The lowest BCUT2D eigenvalue weighted by atomic mass is 9.89. The molecule has 0 aliphatic carbocycles. The van der Waals surface area contributed by atoms with Gasteiger partial charge in [-0.05, 0) is 91.5 Å². The van der Waals surface area contributed by atoms with Gasteiger partial charge in [-0.2, -0.15) is 0 Å². The second-order valence-electron chi connectivity index (χ2n) is 9.02. The van der Waals surface area contributed by atoms with Gasteiger partial charge in [0.25, 0.3) is 0 Å². The number of carbonyl (C=O) groups is 1. The van der Waals surface area contributed by atoms with E-state index in [9.17, 15) is 13.6 Å². The maximum Gasteiger partial charge on any atom is 0.226 e. The average Bonchev–Trinajstić information content (AvgIpc) is 2.88. The number of alkyl halides is 1. The number of likely N-dealkylation sites (tertiary alicyclic amines) is 1. The van der Waals surface area contributed by atoms with Crippen LogP contribution < -0.4 is 10.1 Å². The SMILES string of the molecule is CC(C)C(=O)Nc1cccc(C2CCN(Cc3ccc(Oc4ccc(F)cc4)cc3)CC2)c1.CF. The highest BCUT2D eigenvalue weighted by Crippen LogP contribution is 2.30. The van der Waals surface area contributed by atoms with Gasteiger partial charge in [0.1, 0.15) is 17.3 Å². The van der Waals surface area contributed by atoms with Crippen molar-refractivity contribution in [2.75, 3.05) is 25.6 Å². The highest BCUT2D eigenvalue weighted by molar-refractivity contribution is 5.92. The number of nitrogens with one attached hydrogen (secondary N) is 1. The number of hydrogen-bond donors (Lipinski definition) is 1. The summed E-state index contributed by atoms with van der Waals surface area (Å²) in [4.78, 5) is 14.5. The number of amides is 1. The second-order valence-corrected chi connectivity index (χ2v) is 9.02. The smallest absolute Gasteiger partial charge is 0.226 e. The topological polar surface area (TPSA) is 41.6 Å². The first-order chi connectivity index (χ1) is 17.0. The number of benzene rings is 3. The van der Waals surface area contributed by atoms with Crippen LogP contribution in [-0.4, -0.2) is 31.1 Å². The van der Waals surface area contributed by atoms with Crippen LogP contribution >= 0.6 is 0 Å². The molecule has 6 heteroatoms. The fourth-order valence-corrected chi connectivity index (χ4v) is 4.14. The third-order valence-corrected chi connectivity index (χ3v) is 6.12. The first-order valence-electron chi connectivity index (χ1n) is 12.0. The van der Waals surface area contributed by atoms with Crippen LogP contribution in [0.5, 0.6) is 11.5 Å². The van der Waals surface area contributed by atoms with E-state index in [4.69, 9.17) is 4.74 Å². The van der Waals surface area contributed by atoms with Crippen LogP contribution in [0.1, 0.15) is 43.7 Å². The summed E-state index contributed by atoms with van der Waals surface area (Å²) in [5.74, 6) is 1.64. The third kappa shape index (κ3) is 7.89. The molecule has 1 amide bonds. The minimum atomic E-state index is -0.271. The fourth-order valence-electron chi connectivity index (χ4n) is 4.14. The van der Waals surface area contributed by atoms with E-state index < -0.39 is 0 Å². The van der Waals surface area contributed by atoms with Crippen molar-refractivity contribution >= 4 is 11.6 Å². The summed E-state index contributed by atoms with van der Waals surface area (Å²) in [6.07, 6.45) is 2.21. The van der Waals surface area contributed by atoms with Gasteiger partial charge in [0.05, 0.1) is 7.18 Å². The van der Waals surface area contributed by atoms with E-state index in [-0.39, 0.29) is 17.6 Å². The zero-order valence-electron chi connectivity index (χ0n) is 20.6. The number of halogens is 2. The van der Waals surface area contributed by atoms with Crippen LogP contribution in [0.2, 0.25) is 0 Å². The molecule has 1 fully saturated rings. The van der Waals surface area contributed by atoms with Gasteiger partial charge in [-0.3, -0.25) is 14.1 Å². The summed E-state index contributed by atoms with van der Waals surface area (Å²) in [5.41, 5.74) is 3.44. The Morgan fingerprint density at radius 2 is 1.57 bits per heavy atom. The molecule has 1 saturated heterocycles. The maximum absolute atomic E-state index is 13.0. The zero-order chi connectivity index (χ0) is 25.2. The van der Waals surface area contributed by atoms with Gasteiger partial charge in [-0.25, -0.2) is 4.39 Å². The van der Waals surface area contributed by atoms with Gasteiger partial charge in [0, 0.05) is 18.2 Å². The molecule has 1 aliphatic rings. The molecule has 1 aliphatic heterocycles. The van der Waals surface area contributed by atoms with Crippen molar-refractivity contribution < 1.29 is 18.3 Å². The lowest BCUT2D eigenvalue weighted by Crippen LogP contribution is -2.32. The van der Waals surface area contributed by atoms with E-state index in [1.165, 1.54) is 23.3 Å². The molecule has 4 nitrogen and oxygen atoms in total. The van der Waals surface area contributed by atoms with Gasteiger partial charge in [0.15, 0.2) is 0 Å². The van der Waals surface area contributed by atoms with Crippen LogP contribution in [0, 0.1) is 11.7 Å². The number of anilines is 1. The lowest BCUT2D eigenvalue weighted by molar-refractivity contribution is -0.118. The molecule has 186 valence electrons. The fraction of sp³-hybridized carbons (Fsp3) is 0.345.